The number of nitrogens with two attached hydrogens (primary N) is 1. The van der Waals surface area contributed by atoms with Crippen LogP contribution in [-0.2, 0) is 9.84 Å². The Morgan fingerprint density at radius 3 is 2.47 bits per heavy atom. The maximum atomic E-state index is 12.1. The number of hydrogen-bond acceptors (Lipinski definition) is 3. The van der Waals surface area contributed by atoms with Crippen LogP contribution in [0.25, 0.3) is 0 Å². The van der Waals surface area contributed by atoms with Gasteiger partial charge in [-0.05, 0) is 24.5 Å². The number of sulfone groups is 1. The molecule has 0 saturated heterocycles. The van der Waals surface area contributed by atoms with Crippen molar-refractivity contribution in [2.75, 3.05) is 0 Å². The lowest BCUT2D eigenvalue weighted by atomic mass is 9.92. The zero-order valence-corrected chi connectivity index (χ0v) is 9.66. The zero-order chi connectivity index (χ0) is 11.2. The highest BCUT2D eigenvalue weighted by Crippen LogP contribution is 2.38. The molecule has 2 N–H and O–H groups in total. The number of rotatable bonds is 0. The van der Waals surface area contributed by atoms with Crippen molar-refractivity contribution in [3.63, 3.8) is 0 Å². The summed E-state index contributed by atoms with van der Waals surface area (Å²) >= 11 is 0. The molecule has 1 aromatic carbocycles. The summed E-state index contributed by atoms with van der Waals surface area (Å²) < 4.78 is 24.2. The van der Waals surface area contributed by atoms with E-state index in [1.807, 2.05) is 13.0 Å². The standard InChI is InChI=1S/C11H15NO2S/c1-7-8(2)15(13,14)10-6-4-3-5-9(10)11(7)12/h3-8,11H,12H2,1-2H3. The fraction of sp³-hybridized carbons (Fsp3) is 0.455. The maximum absolute atomic E-state index is 12.1. The molecule has 0 saturated carbocycles. The average molecular weight is 225 g/mol. The molecule has 3 unspecified atom stereocenters. The van der Waals surface area contributed by atoms with Crippen molar-refractivity contribution in [3.05, 3.63) is 29.8 Å². The molecule has 82 valence electrons. The largest absolute Gasteiger partial charge is 0.324 e. The SMILES string of the molecule is CC1C(N)c2ccccc2S(=O)(=O)C1C. The summed E-state index contributed by atoms with van der Waals surface area (Å²) in [5, 5.41) is -0.401. The second-order valence-electron chi connectivity index (χ2n) is 4.17. The van der Waals surface area contributed by atoms with Crippen LogP contribution in [0, 0.1) is 5.92 Å². The quantitative estimate of drug-likeness (QED) is 0.728. The highest BCUT2D eigenvalue weighted by molar-refractivity contribution is 7.92. The molecule has 0 bridgehead atoms. The summed E-state index contributed by atoms with van der Waals surface area (Å²) in [5.41, 5.74) is 6.79. The third kappa shape index (κ3) is 1.40. The van der Waals surface area contributed by atoms with Crippen molar-refractivity contribution in [2.45, 2.75) is 30.0 Å². The predicted octanol–water partition coefficient (Wildman–Crippen LogP) is 1.50. The Balaban J connectivity index is 2.72. The van der Waals surface area contributed by atoms with E-state index >= 15 is 0 Å². The Kier molecular flexibility index (Phi) is 2.35. The molecule has 1 aliphatic heterocycles. The summed E-state index contributed by atoms with van der Waals surface area (Å²) in [7, 11) is -3.18. The molecule has 15 heavy (non-hydrogen) atoms. The summed E-state index contributed by atoms with van der Waals surface area (Å²) in [4.78, 5) is 0.406. The van der Waals surface area contributed by atoms with Crippen LogP contribution in [0.4, 0.5) is 0 Å². The summed E-state index contributed by atoms with van der Waals surface area (Å²) in [6.07, 6.45) is 0. The molecule has 4 heteroatoms. The van der Waals surface area contributed by atoms with Gasteiger partial charge in [0.1, 0.15) is 0 Å². The first kappa shape index (κ1) is 10.6. The molecule has 0 radical (unpaired) electrons. The van der Waals surface area contributed by atoms with Crippen LogP contribution in [0.15, 0.2) is 29.2 Å². The summed E-state index contributed by atoms with van der Waals surface area (Å²) in [5.74, 6) is -0.0371. The Morgan fingerprint density at radius 2 is 1.80 bits per heavy atom. The Bertz CT molecular complexity index is 481. The minimum Gasteiger partial charge on any atom is -0.324 e. The van der Waals surface area contributed by atoms with Gasteiger partial charge >= 0.3 is 0 Å². The molecule has 1 aliphatic rings. The maximum Gasteiger partial charge on any atom is 0.181 e. The molecule has 0 spiro atoms. The van der Waals surface area contributed by atoms with E-state index in [1.165, 1.54) is 0 Å². The number of hydrogen-bond donors (Lipinski definition) is 1. The van der Waals surface area contributed by atoms with Crippen molar-refractivity contribution in [1.29, 1.82) is 0 Å². The lowest BCUT2D eigenvalue weighted by Crippen LogP contribution is -2.38. The summed E-state index contributed by atoms with van der Waals surface area (Å²) in [6.45, 7) is 3.62. The zero-order valence-electron chi connectivity index (χ0n) is 8.84. The minimum atomic E-state index is -3.18. The van der Waals surface area contributed by atoms with Crippen LogP contribution >= 0.6 is 0 Å². The first-order valence-corrected chi connectivity index (χ1v) is 6.59. The van der Waals surface area contributed by atoms with Crippen LogP contribution < -0.4 is 5.73 Å². The molecule has 1 heterocycles. The van der Waals surface area contributed by atoms with E-state index < -0.39 is 15.1 Å². The first-order chi connectivity index (χ1) is 6.96. The predicted molar refractivity (Wildman–Crippen MR) is 59.2 cm³/mol. The van der Waals surface area contributed by atoms with Gasteiger partial charge in [-0.1, -0.05) is 25.1 Å². The van der Waals surface area contributed by atoms with Crippen LogP contribution in [-0.4, -0.2) is 13.7 Å². The Hall–Kier alpha value is -0.870. The van der Waals surface area contributed by atoms with E-state index in [9.17, 15) is 8.42 Å². The second kappa shape index (κ2) is 3.32. The van der Waals surface area contributed by atoms with Gasteiger partial charge in [-0.15, -0.1) is 0 Å². The third-order valence-electron chi connectivity index (χ3n) is 3.38. The van der Waals surface area contributed by atoms with Gasteiger partial charge < -0.3 is 5.73 Å². The Labute approximate surface area is 90.2 Å². The molecule has 3 atom stereocenters. The normalized spacial score (nSPS) is 33.4. The Morgan fingerprint density at radius 1 is 1.20 bits per heavy atom. The van der Waals surface area contributed by atoms with E-state index in [1.54, 1.807) is 25.1 Å². The molecular weight excluding hydrogens is 210 g/mol. The fourth-order valence-corrected chi connectivity index (χ4v) is 4.01. The average Bonchev–Trinajstić information content (AvgIpc) is 2.24. The van der Waals surface area contributed by atoms with Crippen molar-refractivity contribution < 1.29 is 8.42 Å². The van der Waals surface area contributed by atoms with Crippen LogP contribution in [0.1, 0.15) is 25.5 Å². The van der Waals surface area contributed by atoms with Gasteiger partial charge in [0.05, 0.1) is 10.1 Å². The van der Waals surface area contributed by atoms with E-state index in [0.29, 0.717) is 4.90 Å². The monoisotopic (exact) mass is 225 g/mol. The van der Waals surface area contributed by atoms with E-state index in [0.717, 1.165) is 5.56 Å². The van der Waals surface area contributed by atoms with Gasteiger partial charge in [-0.2, -0.15) is 0 Å². The lowest BCUT2D eigenvalue weighted by Gasteiger charge is -2.33. The van der Waals surface area contributed by atoms with Crippen LogP contribution in [0.5, 0.6) is 0 Å². The smallest absolute Gasteiger partial charge is 0.181 e. The van der Waals surface area contributed by atoms with Crippen LogP contribution in [0.3, 0.4) is 0 Å². The second-order valence-corrected chi connectivity index (χ2v) is 6.45. The molecule has 1 aromatic rings. The number of fused-ring (bicyclic) bond motifs is 1. The van der Waals surface area contributed by atoms with E-state index in [4.69, 9.17) is 5.73 Å². The number of benzene rings is 1. The van der Waals surface area contributed by atoms with Gasteiger partial charge in [0.2, 0.25) is 0 Å². The van der Waals surface area contributed by atoms with Crippen LogP contribution in [0.2, 0.25) is 0 Å². The van der Waals surface area contributed by atoms with Gasteiger partial charge in [0.15, 0.2) is 9.84 Å². The van der Waals surface area contributed by atoms with E-state index in [-0.39, 0.29) is 12.0 Å². The van der Waals surface area contributed by atoms with Gasteiger partial charge in [-0.3, -0.25) is 0 Å². The van der Waals surface area contributed by atoms with E-state index in [2.05, 4.69) is 0 Å². The van der Waals surface area contributed by atoms with Gasteiger partial charge in [-0.25, -0.2) is 8.42 Å². The fourth-order valence-electron chi connectivity index (χ4n) is 2.07. The molecule has 0 aliphatic carbocycles. The minimum absolute atomic E-state index is 0.0371. The van der Waals surface area contributed by atoms with Crippen molar-refractivity contribution in [3.8, 4) is 0 Å². The summed E-state index contributed by atoms with van der Waals surface area (Å²) in [6, 6.07) is 6.84. The highest BCUT2D eigenvalue weighted by atomic mass is 32.2. The topological polar surface area (TPSA) is 60.2 Å². The van der Waals surface area contributed by atoms with Gasteiger partial charge in [0.25, 0.3) is 0 Å². The van der Waals surface area contributed by atoms with Crippen molar-refractivity contribution in [1.82, 2.24) is 0 Å². The third-order valence-corrected chi connectivity index (χ3v) is 5.77. The molecular formula is C11H15NO2S. The van der Waals surface area contributed by atoms with Crippen molar-refractivity contribution in [2.24, 2.45) is 11.7 Å². The molecule has 0 aromatic heterocycles. The van der Waals surface area contributed by atoms with Crippen molar-refractivity contribution >= 4 is 9.84 Å². The molecule has 2 rings (SSSR count). The molecule has 0 fully saturated rings. The lowest BCUT2D eigenvalue weighted by molar-refractivity contribution is 0.425. The highest BCUT2D eigenvalue weighted by Gasteiger charge is 2.39. The first-order valence-electron chi connectivity index (χ1n) is 5.04. The van der Waals surface area contributed by atoms with Gasteiger partial charge in [0, 0.05) is 6.04 Å². The molecule has 0 amide bonds. The molecule has 3 nitrogen and oxygen atoms in total.